The second kappa shape index (κ2) is 22.6. The molecule has 54 heavy (non-hydrogen) atoms. The van der Waals surface area contributed by atoms with Gasteiger partial charge in [0.05, 0.1) is 0 Å². The molecule has 8 aromatic rings. The predicted molar refractivity (Wildman–Crippen MR) is 244 cm³/mol. The molecule has 8 aromatic carbocycles. The van der Waals surface area contributed by atoms with E-state index in [1.165, 1.54) is 64.5 Å². The summed E-state index contributed by atoms with van der Waals surface area (Å²) < 4.78 is 0. The summed E-state index contributed by atoms with van der Waals surface area (Å²) in [4.78, 5) is 0. The van der Waals surface area contributed by atoms with E-state index in [1.807, 2.05) is 0 Å². The Bertz CT molecular complexity index is 2010. The Kier molecular flexibility index (Phi) is 17.7. The van der Waals surface area contributed by atoms with E-state index in [2.05, 4.69) is 209 Å². The van der Waals surface area contributed by atoms with E-state index in [0.29, 0.717) is 0 Å². The van der Waals surface area contributed by atoms with Crippen LogP contribution in [0, 0.1) is 0 Å². The van der Waals surface area contributed by atoms with Gasteiger partial charge in [-0.3, -0.25) is 0 Å². The molecule has 0 fully saturated rings. The first-order chi connectivity index (χ1) is 26.6. The number of benzene rings is 6. The van der Waals surface area contributed by atoms with Gasteiger partial charge in [0.15, 0.2) is 0 Å². The van der Waals surface area contributed by atoms with Crippen LogP contribution >= 0.6 is 32.9 Å². The van der Waals surface area contributed by atoms with Gasteiger partial charge in [0.2, 0.25) is 0 Å². The molecule has 8 rings (SSSR count). The zero-order valence-corrected chi connectivity index (χ0v) is 38.1. The van der Waals surface area contributed by atoms with Crippen molar-refractivity contribution in [2.75, 3.05) is 0 Å². The second-order valence-electron chi connectivity index (χ2n) is 12.6. The summed E-state index contributed by atoms with van der Waals surface area (Å²) in [5.74, 6) is 0. The molecule has 0 saturated heterocycles. The number of aryl methyl sites for hydroxylation is 2. The first kappa shape index (κ1) is 42.2. The van der Waals surface area contributed by atoms with E-state index < -0.39 is 36.7 Å². The first-order valence-electron chi connectivity index (χ1n) is 18.3. The third-order valence-corrected chi connectivity index (χ3v) is 13.9. The molecule has 0 atom stereocenters. The van der Waals surface area contributed by atoms with Gasteiger partial charge in [-0.15, -0.1) is 69.1 Å². The average molecular weight is 875 g/mol. The topological polar surface area (TPSA) is 0 Å². The van der Waals surface area contributed by atoms with Crippen LogP contribution in [0.3, 0.4) is 0 Å². The van der Waals surface area contributed by atoms with Gasteiger partial charge in [-0.05, 0) is 49.9 Å². The van der Waals surface area contributed by atoms with Crippen molar-refractivity contribution in [1.29, 1.82) is 0 Å². The molecule has 0 heterocycles. The van der Waals surface area contributed by atoms with Gasteiger partial charge in [-0.25, -0.2) is 0 Å². The average Bonchev–Trinajstić information content (AvgIpc) is 3.86. The quantitative estimate of drug-likeness (QED) is 0.0811. The maximum atomic E-state index is 4.93. The molecule has 0 aliphatic carbocycles. The molecule has 0 bridgehead atoms. The van der Waals surface area contributed by atoms with Crippen LogP contribution < -0.4 is 31.8 Å². The Morgan fingerprint density at radius 1 is 0.463 bits per heavy atom. The first-order valence-corrected chi connectivity index (χ1v) is 29.3. The maximum absolute atomic E-state index is 4.93. The molecule has 0 aliphatic rings. The third-order valence-electron chi connectivity index (χ3n) is 8.93. The van der Waals surface area contributed by atoms with Crippen LogP contribution in [0.5, 0.6) is 0 Å². The van der Waals surface area contributed by atoms with Gasteiger partial charge in [0, 0.05) is 9.52 Å². The minimum absolute atomic E-state index is 0.537. The van der Waals surface area contributed by atoms with E-state index in [-0.39, 0.29) is 0 Å². The van der Waals surface area contributed by atoms with Crippen molar-refractivity contribution in [3.8, 4) is 0 Å². The number of hydrogen-bond acceptors (Lipinski definition) is 0. The van der Waals surface area contributed by atoms with E-state index in [1.54, 1.807) is 0 Å². The van der Waals surface area contributed by atoms with Crippen molar-refractivity contribution in [1.82, 2.24) is 0 Å². The Hall–Kier alpha value is -2.92. The molecule has 6 heteroatoms. The van der Waals surface area contributed by atoms with Crippen LogP contribution in [0.4, 0.5) is 0 Å². The summed E-state index contributed by atoms with van der Waals surface area (Å²) >= 11 is -0.826. The molecule has 0 aliphatic heterocycles. The number of halogens is 2. The van der Waals surface area contributed by atoms with Crippen LogP contribution in [0.25, 0.3) is 21.5 Å². The molecule has 0 N–H and O–H groups in total. The van der Waals surface area contributed by atoms with Crippen LogP contribution in [0.1, 0.15) is 25.0 Å². The van der Waals surface area contributed by atoms with Crippen molar-refractivity contribution in [2.45, 2.75) is 39.8 Å². The Labute approximate surface area is 346 Å². The molecule has 2 radical (unpaired) electrons. The fourth-order valence-corrected chi connectivity index (χ4v) is 11.5. The fourth-order valence-electron chi connectivity index (χ4n) is 6.52. The summed E-state index contributed by atoms with van der Waals surface area (Å²) in [5.41, 5.74) is 2.85. The number of hydrogen-bond donors (Lipinski definition) is 0. The summed E-state index contributed by atoms with van der Waals surface area (Å²) in [6, 6.07) is 66.7. The summed E-state index contributed by atoms with van der Waals surface area (Å²) in [6.07, 6.45) is 2.17. The molecule has 0 unspecified atom stereocenters. The molecular formula is C48H46Cl2P2SiZr. The molecular weight excluding hydrogens is 829 g/mol. The van der Waals surface area contributed by atoms with Gasteiger partial charge in [0.1, 0.15) is 0 Å². The summed E-state index contributed by atoms with van der Waals surface area (Å²) in [7, 11) is 9.88. The van der Waals surface area contributed by atoms with E-state index >= 15 is 0 Å². The van der Waals surface area contributed by atoms with Crippen LogP contribution in [-0.4, -0.2) is 9.52 Å². The van der Waals surface area contributed by atoms with Gasteiger partial charge < -0.3 is 0 Å². The Morgan fingerprint density at radius 2 is 0.741 bits per heavy atom. The molecule has 0 aromatic heterocycles. The number of fused-ring (bicyclic) bond motifs is 2. The van der Waals surface area contributed by atoms with Gasteiger partial charge >= 0.3 is 37.9 Å². The zero-order valence-electron chi connectivity index (χ0n) is 31.4. The summed E-state index contributed by atoms with van der Waals surface area (Å²) in [5, 5.41) is 14.1. The summed E-state index contributed by atoms with van der Waals surface area (Å²) in [6.45, 7) is 8.76. The van der Waals surface area contributed by atoms with Gasteiger partial charge in [0.25, 0.3) is 0 Å². The monoisotopic (exact) mass is 872 g/mol. The van der Waals surface area contributed by atoms with Crippen LogP contribution in [0.15, 0.2) is 182 Å². The molecule has 0 nitrogen and oxygen atoms in total. The van der Waals surface area contributed by atoms with Crippen LogP contribution in [0.2, 0.25) is 13.1 Å². The van der Waals surface area contributed by atoms with Crippen molar-refractivity contribution < 1.29 is 20.8 Å². The fraction of sp³-hybridized carbons (Fsp3) is 0.125. The normalized spacial score (nSPS) is 10.5. The van der Waals surface area contributed by atoms with Gasteiger partial charge in [-0.1, -0.05) is 171 Å². The van der Waals surface area contributed by atoms with E-state index in [4.69, 9.17) is 17.0 Å². The van der Waals surface area contributed by atoms with Crippen LogP contribution in [-0.2, 0) is 33.7 Å². The van der Waals surface area contributed by atoms with Crippen molar-refractivity contribution in [3.05, 3.63) is 193 Å². The Balaban J connectivity index is 0.000000182. The minimum atomic E-state index is -0.826. The van der Waals surface area contributed by atoms with E-state index in [0.717, 1.165) is 22.4 Å². The van der Waals surface area contributed by atoms with Crippen molar-refractivity contribution >= 4 is 95.8 Å². The SMILES string of the molecule is CCc1cc2c(P(c3ccccc3)c3ccccc3)cccc2[cH-]1.CCc1cc2c(P(c3ccccc3)c3ccccc3)cccc2[cH-]1.C[Si]C.[Cl][Zr+2][Cl]. The Morgan fingerprint density at radius 3 is 1.00 bits per heavy atom. The van der Waals surface area contributed by atoms with Gasteiger partial charge in [-0.2, -0.15) is 12.1 Å². The second-order valence-corrected chi connectivity index (χ2v) is 21.7. The number of rotatable bonds is 8. The molecule has 0 amide bonds. The molecule has 0 saturated carbocycles. The molecule has 0 spiro atoms. The van der Waals surface area contributed by atoms with E-state index in [9.17, 15) is 0 Å². The third kappa shape index (κ3) is 11.1. The molecule has 270 valence electrons. The standard InChI is InChI=1S/2C23H20P.C2H6Si.2ClH.Zr/c2*1-2-18-16-19-10-9-15-23(22(19)17-18)24(20-11-5-3-6-12-20)21-13-7-4-8-14-21;1-3-2;;;/h2*3-17H,2H2,1H3;1-2H3;2*1H;/q2*-1;;;;+4/p-2. The van der Waals surface area contributed by atoms with Crippen molar-refractivity contribution in [3.63, 3.8) is 0 Å². The van der Waals surface area contributed by atoms with Crippen molar-refractivity contribution in [2.24, 2.45) is 0 Å². The predicted octanol–water partition coefficient (Wildman–Crippen LogP) is 11.9. The zero-order chi connectivity index (χ0) is 38.1.